The predicted molar refractivity (Wildman–Crippen MR) is 104 cm³/mol. The van der Waals surface area contributed by atoms with Gasteiger partial charge in [-0.25, -0.2) is 14.2 Å². The van der Waals surface area contributed by atoms with Crippen molar-refractivity contribution in [2.24, 2.45) is 0 Å². The Hall–Kier alpha value is -2.65. The van der Waals surface area contributed by atoms with Crippen molar-refractivity contribution in [1.29, 1.82) is 0 Å². The molecule has 0 radical (unpaired) electrons. The summed E-state index contributed by atoms with van der Waals surface area (Å²) in [5.74, 6) is 0.875. The predicted octanol–water partition coefficient (Wildman–Crippen LogP) is 3.25. The Morgan fingerprint density at radius 3 is 2.69 bits per heavy atom. The largest absolute Gasteiger partial charge is 0.495 e. The van der Waals surface area contributed by atoms with Gasteiger partial charge in [-0.2, -0.15) is 0 Å². The van der Waals surface area contributed by atoms with Gasteiger partial charge in [0.2, 0.25) is 5.88 Å². The van der Waals surface area contributed by atoms with Crippen LogP contribution in [-0.4, -0.2) is 28.4 Å². The van der Waals surface area contributed by atoms with E-state index in [1.807, 2.05) is 19.1 Å². The van der Waals surface area contributed by atoms with Crippen LogP contribution in [0.5, 0.6) is 11.6 Å². The number of anilines is 2. The summed E-state index contributed by atoms with van der Waals surface area (Å²) in [6.07, 6.45) is 1.60. The molecule has 1 atom stereocenters. The lowest BCUT2D eigenvalue weighted by Crippen LogP contribution is -2.08. The zero-order valence-corrected chi connectivity index (χ0v) is 16.1. The third-order valence-corrected chi connectivity index (χ3v) is 5.77. The van der Waals surface area contributed by atoms with E-state index in [1.54, 1.807) is 24.4 Å². The Kier molecular flexibility index (Phi) is 5.38. The number of hydrogen-bond donors (Lipinski definition) is 2. The molecular weight excluding hydrogens is 372 g/mol. The molecule has 2 aromatic heterocycles. The number of aromatic nitrogens is 2. The lowest BCUT2D eigenvalue weighted by atomic mass is 10.1. The average molecular weight is 390 g/mol. The number of nitrogens with zero attached hydrogens (tertiary/aromatic N) is 2. The van der Waals surface area contributed by atoms with Crippen molar-refractivity contribution in [3.63, 3.8) is 0 Å². The Labute approximate surface area is 157 Å². The Bertz CT molecular complexity index is 959. The SMILES string of the molecule is COc1ccc(-c2sc(N)nc2C)cc1S(=O)Nc1cccnc1OC. The molecule has 1 unspecified atom stereocenters. The lowest BCUT2D eigenvalue weighted by molar-refractivity contribution is 0.400. The van der Waals surface area contributed by atoms with Gasteiger partial charge in [0.1, 0.15) is 16.3 Å². The fourth-order valence-electron chi connectivity index (χ4n) is 2.43. The summed E-state index contributed by atoms with van der Waals surface area (Å²) < 4.78 is 26.4. The number of thiazole rings is 1. The summed E-state index contributed by atoms with van der Waals surface area (Å²) in [6, 6.07) is 8.96. The zero-order chi connectivity index (χ0) is 18.7. The molecule has 0 spiro atoms. The van der Waals surface area contributed by atoms with Crippen LogP contribution in [0.25, 0.3) is 10.4 Å². The van der Waals surface area contributed by atoms with E-state index in [1.165, 1.54) is 25.6 Å². The van der Waals surface area contributed by atoms with Crippen LogP contribution in [0.2, 0.25) is 0 Å². The molecule has 26 heavy (non-hydrogen) atoms. The normalized spacial score (nSPS) is 11.8. The molecule has 2 heterocycles. The fourth-order valence-corrected chi connectivity index (χ4v) is 4.30. The van der Waals surface area contributed by atoms with E-state index in [9.17, 15) is 4.21 Å². The van der Waals surface area contributed by atoms with Gasteiger partial charge in [0, 0.05) is 6.20 Å². The molecular formula is C17H18N4O3S2. The number of nitrogen functional groups attached to an aromatic ring is 1. The molecule has 0 aliphatic heterocycles. The highest BCUT2D eigenvalue weighted by Gasteiger charge is 2.17. The molecule has 0 aliphatic rings. The molecule has 136 valence electrons. The molecule has 0 saturated heterocycles. The monoisotopic (exact) mass is 390 g/mol. The van der Waals surface area contributed by atoms with Crippen molar-refractivity contribution in [1.82, 2.24) is 9.97 Å². The van der Waals surface area contributed by atoms with E-state index in [-0.39, 0.29) is 0 Å². The van der Waals surface area contributed by atoms with Crippen molar-refractivity contribution in [3.05, 3.63) is 42.2 Å². The highest BCUT2D eigenvalue weighted by molar-refractivity contribution is 7.86. The van der Waals surface area contributed by atoms with Crippen molar-refractivity contribution in [2.45, 2.75) is 11.8 Å². The van der Waals surface area contributed by atoms with Crippen LogP contribution >= 0.6 is 11.3 Å². The minimum Gasteiger partial charge on any atom is -0.495 e. The highest BCUT2D eigenvalue weighted by Crippen LogP contribution is 2.35. The van der Waals surface area contributed by atoms with E-state index in [2.05, 4.69) is 14.7 Å². The molecule has 0 bridgehead atoms. The van der Waals surface area contributed by atoms with E-state index in [0.717, 1.165) is 16.1 Å². The lowest BCUT2D eigenvalue weighted by Gasteiger charge is -2.13. The second-order valence-electron chi connectivity index (χ2n) is 5.26. The van der Waals surface area contributed by atoms with Crippen LogP contribution < -0.4 is 19.9 Å². The first-order valence-electron chi connectivity index (χ1n) is 7.62. The quantitative estimate of drug-likeness (QED) is 0.670. The zero-order valence-electron chi connectivity index (χ0n) is 14.5. The number of rotatable bonds is 6. The summed E-state index contributed by atoms with van der Waals surface area (Å²) in [4.78, 5) is 9.77. The molecule has 3 N–H and O–H groups in total. The second kappa shape index (κ2) is 7.71. The van der Waals surface area contributed by atoms with Crippen LogP contribution in [0.15, 0.2) is 41.4 Å². The molecule has 0 saturated carbocycles. The van der Waals surface area contributed by atoms with Crippen LogP contribution in [0, 0.1) is 6.92 Å². The maximum Gasteiger partial charge on any atom is 0.238 e. The minimum absolute atomic E-state index is 0.363. The van der Waals surface area contributed by atoms with Gasteiger partial charge in [-0.1, -0.05) is 11.3 Å². The third-order valence-electron chi connectivity index (χ3n) is 3.61. The van der Waals surface area contributed by atoms with E-state index in [0.29, 0.717) is 27.3 Å². The highest BCUT2D eigenvalue weighted by atomic mass is 32.2. The summed E-state index contributed by atoms with van der Waals surface area (Å²) in [7, 11) is 1.46. The Morgan fingerprint density at radius 2 is 2.04 bits per heavy atom. The smallest absolute Gasteiger partial charge is 0.238 e. The first-order valence-corrected chi connectivity index (χ1v) is 9.59. The number of aryl methyl sites for hydroxylation is 1. The number of nitrogens with one attached hydrogen (secondary N) is 1. The van der Waals surface area contributed by atoms with Crippen molar-refractivity contribution < 1.29 is 13.7 Å². The van der Waals surface area contributed by atoms with Crippen LogP contribution in [0.3, 0.4) is 0 Å². The van der Waals surface area contributed by atoms with Crippen LogP contribution in [0.1, 0.15) is 5.69 Å². The Balaban J connectivity index is 1.98. The summed E-state index contributed by atoms with van der Waals surface area (Å²) >= 11 is 1.39. The molecule has 3 aromatic rings. The number of hydrogen-bond acceptors (Lipinski definition) is 7. The molecule has 1 aromatic carbocycles. The maximum atomic E-state index is 12.9. The number of methoxy groups -OCH3 is 2. The van der Waals surface area contributed by atoms with Gasteiger partial charge in [-0.3, -0.25) is 4.72 Å². The average Bonchev–Trinajstić information content (AvgIpc) is 2.99. The topological polar surface area (TPSA) is 99.4 Å². The van der Waals surface area contributed by atoms with Gasteiger partial charge < -0.3 is 15.2 Å². The van der Waals surface area contributed by atoms with Crippen molar-refractivity contribution in [3.8, 4) is 22.1 Å². The number of pyridine rings is 1. The van der Waals surface area contributed by atoms with Gasteiger partial charge in [0.05, 0.1) is 24.8 Å². The van der Waals surface area contributed by atoms with Crippen LogP contribution in [0.4, 0.5) is 10.8 Å². The van der Waals surface area contributed by atoms with Gasteiger partial charge in [-0.05, 0) is 42.8 Å². The summed E-state index contributed by atoms with van der Waals surface area (Å²) in [5.41, 5.74) is 8.03. The first-order chi connectivity index (χ1) is 12.5. The molecule has 0 fully saturated rings. The molecule has 0 aliphatic carbocycles. The fraction of sp³-hybridized carbons (Fsp3) is 0.176. The van der Waals surface area contributed by atoms with Gasteiger partial charge >= 0.3 is 0 Å². The Morgan fingerprint density at radius 1 is 1.23 bits per heavy atom. The molecule has 7 nitrogen and oxygen atoms in total. The van der Waals surface area contributed by atoms with Crippen molar-refractivity contribution in [2.75, 3.05) is 24.7 Å². The molecule has 9 heteroatoms. The summed E-state index contributed by atoms with van der Waals surface area (Å²) in [6.45, 7) is 1.89. The van der Waals surface area contributed by atoms with Crippen molar-refractivity contribution >= 4 is 33.1 Å². The number of nitrogens with two attached hydrogens (primary N) is 1. The maximum absolute atomic E-state index is 12.9. The third kappa shape index (κ3) is 3.63. The van der Waals surface area contributed by atoms with E-state index in [4.69, 9.17) is 15.2 Å². The minimum atomic E-state index is -1.58. The van der Waals surface area contributed by atoms with Crippen LogP contribution in [-0.2, 0) is 11.0 Å². The van der Waals surface area contributed by atoms with Gasteiger partial charge in [-0.15, -0.1) is 0 Å². The number of benzene rings is 1. The molecule has 0 amide bonds. The van der Waals surface area contributed by atoms with Gasteiger partial charge in [0.15, 0.2) is 16.1 Å². The number of ether oxygens (including phenoxy) is 2. The summed E-state index contributed by atoms with van der Waals surface area (Å²) in [5, 5.41) is 0.495. The van der Waals surface area contributed by atoms with E-state index >= 15 is 0 Å². The standard InChI is InChI=1S/C17H18N4O3S2/c1-10-15(25-17(18)20-10)11-6-7-13(23-2)14(9-11)26(22)21-12-5-4-8-19-16(12)24-3/h4-9,21H,1-3H3,(H2,18,20). The van der Waals surface area contributed by atoms with Gasteiger partial charge in [0.25, 0.3) is 0 Å². The first kappa shape index (κ1) is 18.2. The van der Waals surface area contributed by atoms with E-state index < -0.39 is 11.0 Å². The second-order valence-corrected chi connectivity index (χ2v) is 7.48. The molecule has 3 rings (SSSR count).